The van der Waals surface area contributed by atoms with Gasteiger partial charge in [0.2, 0.25) is 5.95 Å². The van der Waals surface area contributed by atoms with E-state index in [1.54, 1.807) is 6.92 Å². The quantitative estimate of drug-likeness (QED) is 0.714. The van der Waals surface area contributed by atoms with Crippen molar-refractivity contribution in [3.8, 4) is 0 Å². The number of nitrogens with zero attached hydrogens (tertiary/aromatic N) is 2. The van der Waals surface area contributed by atoms with Gasteiger partial charge < -0.3 is 15.7 Å². The van der Waals surface area contributed by atoms with Crippen molar-refractivity contribution in [2.45, 2.75) is 25.8 Å². The van der Waals surface area contributed by atoms with Crippen LogP contribution in [0.15, 0.2) is 6.07 Å². The third-order valence-electron chi connectivity index (χ3n) is 2.75. The van der Waals surface area contributed by atoms with Crippen molar-refractivity contribution >= 4 is 11.9 Å². The normalized spacial score (nSPS) is 16.8. The highest BCUT2D eigenvalue weighted by molar-refractivity contribution is 5.85. The molecule has 0 amide bonds. The summed E-state index contributed by atoms with van der Waals surface area (Å²) in [5, 5.41) is 15.4. The van der Waals surface area contributed by atoms with Crippen molar-refractivity contribution in [1.82, 2.24) is 15.3 Å². The van der Waals surface area contributed by atoms with Crippen LogP contribution in [0.1, 0.15) is 29.0 Å². The van der Waals surface area contributed by atoms with E-state index >= 15 is 0 Å². The number of anilines is 1. The average Bonchev–Trinajstić information content (AvgIpc) is 2.29. The minimum absolute atomic E-state index is 0.0361. The Hall–Kier alpha value is -1.69. The molecule has 1 fully saturated rings. The molecule has 0 aliphatic carbocycles. The maximum absolute atomic E-state index is 10.9. The fraction of sp³-hybridized carbons (Fsp3) is 0.545. The zero-order valence-corrected chi connectivity index (χ0v) is 9.73. The maximum Gasteiger partial charge on any atom is 0.354 e. The molecule has 92 valence electrons. The van der Waals surface area contributed by atoms with E-state index in [-0.39, 0.29) is 5.69 Å². The Bertz CT molecular complexity index is 416. The maximum atomic E-state index is 10.9. The van der Waals surface area contributed by atoms with Gasteiger partial charge in [0.25, 0.3) is 0 Å². The molecular formula is C11H16N4O2. The molecule has 2 heterocycles. The van der Waals surface area contributed by atoms with Crippen molar-refractivity contribution in [2.24, 2.45) is 0 Å². The summed E-state index contributed by atoms with van der Waals surface area (Å²) in [4.78, 5) is 19.1. The van der Waals surface area contributed by atoms with Crippen molar-refractivity contribution in [3.63, 3.8) is 0 Å². The number of carboxylic acid groups (broad SMARTS) is 1. The van der Waals surface area contributed by atoms with Crippen LogP contribution in [0, 0.1) is 6.92 Å². The molecule has 0 aromatic carbocycles. The van der Waals surface area contributed by atoms with Gasteiger partial charge in [-0.25, -0.2) is 14.8 Å². The van der Waals surface area contributed by atoms with Crippen LogP contribution in [-0.2, 0) is 0 Å². The molecule has 1 aliphatic rings. The van der Waals surface area contributed by atoms with E-state index in [4.69, 9.17) is 5.11 Å². The third-order valence-corrected chi connectivity index (χ3v) is 2.75. The lowest BCUT2D eigenvalue weighted by Gasteiger charge is -2.23. The first-order valence-corrected chi connectivity index (χ1v) is 5.71. The molecule has 0 bridgehead atoms. The molecule has 0 unspecified atom stereocenters. The van der Waals surface area contributed by atoms with E-state index in [1.807, 2.05) is 0 Å². The molecule has 2 rings (SSSR count). The Morgan fingerprint density at radius 2 is 2.18 bits per heavy atom. The smallest absolute Gasteiger partial charge is 0.354 e. The van der Waals surface area contributed by atoms with E-state index in [2.05, 4.69) is 20.6 Å². The Morgan fingerprint density at radius 3 is 2.82 bits per heavy atom. The van der Waals surface area contributed by atoms with Crippen LogP contribution in [0.5, 0.6) is 0 Å². The molecule has 1 aromatic rings. The largest absolute Gasteiger partial charge is 0.477 e. The second-order valence-electron chi connectivity index (χ2n) is 4.19. The predicted octanol–water partition coefficient (Wildman–Crippen LogP) is 0.647. The molecule has 6 nitrogen and oxygen atoms in total. The summed E-state index contributed by atoms with van der Waals surface area (Å²) in [7, 11) is 0. The van der Waals surface area contributed by atoms with E-state index < -0.39 is 5.97 Å². The number of aromatic nitrogens is 2. The molecule has 1 saturated heterocycles. The molecule has 1 aliphatic heterocycles. The Kier molecular flexibility index (Phi) is 3.53. The number of carbonyl (C=O) groups is 1. The zero-order valence-electron chi connectivity index (χ0n) is 9.73. The summed E-state index contributed by atoms with van der Waals surface area (Å²) in [5.41, 5.74) is 0.697. The molecule has 17 heavy (non-hydrogen) atoms. The second kappa shape index (κ2) is 5.09. The standard InChI is InChI=1S/C11H16N4O2/c1-7-6-9(10(16)17)15-11(13-7)14-8-2-4-12-5-3-8/h6,8,12H,2-5H2,1H3,(H,16,17)(H,13,14,15). The first kappa shape index (κ1) is 11.8. The summed E-state index contributed by atoms with van der Waals surface area (Å²) in [5.74, 6) is -0.613. The number of hydrogen-bond donors (Lipinski definition) is 3. The van der Waals surface area contributed by atoms with Crippen LogP contribution >= 0.6 is 0 Å². The van der Waals surface area contributed by atoms with Gasteiger partial charge in [-0.3, -0.25) is 0 Å². The van der Waals surface area contributed by atoms with Gasteiger partial charge in [-0.15, -0.1) is 0 Å². The highest BCUT2D eigenvalue weighted by atomic mass is 16.4. The minimum Gasteiger partial charge on any atom is -0.477 e. The lowest BCUT2D eigenvalue weighted by Crippen LogP contribution is -2.35. The first-order chi connectivity index (χ1) is 8.15. The monoisotopic (exact) mass is 236 g/mol. The zero-order chi connectivity index (χ0) is 12.3. The molecular weight excluding hydrogens is 220 g/mol. The minimum atomic E-state index is -1.02. The van der Waals surface area contributed by atoms with Crippen LogP contribution in [-0.4, -0.2) is 40.2 Å². The lowest BCUT2D eigenvalue weighted by molar-refractivity contribution is 0.0690. The second-order valence-corrected chi connectivity index (χ2v) is 4.19. The van der Waals surface area contributed by atoms with Gasteiger partial charge in [0.1, 0.15) is 0 Å². The van der Waals surface area contributed by atoms with Gasteiger partial charge in [-0.05, 0) is 38.9 Å². The average molecular weight is 236 g/mol. The molecule has 0 radical (unpaired) electrons. The summed E-state index contributed by atoms with van der Waals surface area (Å²) in [6.07, 6.45) is 2.00. The van der Waals surface area contributed by atoms with Crippen LogP contribution in [0.25, 0.3) is 0 Å². The van der Waals surface area contributed by atoms with Crippen LogP contribution in [0.3, 0.4) is 0 Å². The Morgan fingerprint density at radius 1 is 1.47 bits per heavy atom. The summed E-state index contributed by atoms with van der Waals surface area (Å²) in [6.45, 7) is 3.70. The first-order valence-electron chi connectivity index (χ1n) is 5.71. The number of carboxylic acids is 1. The van der Waals surface area contributed by atoms with Gasteiger partial charge in [0, 0.05) is 11.7 Å². The number of piperidine rings is 1. The summed E-state index contributed by atoms with van der Waals surface area (Å²) < 4.78 is 0. The Balaban J connectivity index is 2.11. The number of aryl methyl sites for hydroxylation is 1. The van der Waals surface area contributed by atoms with Gasteiger partial charge in [0.05, 0.1) is 0 Å². The molecule has 0 spiro atoms. The summed E-state index contributed by atoms with van der Waals surface area (Å²) in [6, 6.07) is 1.79. The molecule has 3 N–H and O–H groups in total. The number of hydrogen-bond acceptors (Lipinski definition) is 5. The van der Waals surface area contributed by atoms with Gasteiger partial charge in [0.15, 0.2) is 5.69 Å². The highest BCUT2D eigenvalue weighted by Crippen LogP contribution is 2.11. The van der Waals surface area contributed by atoms with Gasteiger partial charge in [-0.1, -0.05) is 0 Å². The highest BCUT2D eigenvalue weighted by Gasteiger charge is 2.15. The molecule has 6 heteroatoms. The van der Waals surface area contributed by atoms with Crippen LogP contribution in [0.4, 0.5) is 5.95 Å². The van der Waals surface area contributed by atoms with Gasteiger partial charge >= 0.3 is 5.97 Å². The van der Waals surface area contributed by atoms with E-state index in [9.17, 15) is 4.79 Å². The predicted molar refractivity (Wildman–Crippen MR) is 63.2 cm³/mol. The molecule has 0 atom stereocenters. The lowest BCUT2D eigenvalue weighted by atomic mass is 10.1. The van der Waals surface area contributed by atoms with Crippen LogP contribution < -0.4 is 10.6 Å². The number of aromatic carboxylic acids is 1. The SMILES string of the molecule is Cc1cc(C(=O)O)nc(NC2CCNCC2)n1. The Labute approximate surface area is 99.5 Å². The third kappa shape index (κ3) is 3.13. The van der Waals surface area contributed by atoms with E-state index in [0.717, 1.165) is 25.9 Å². The van der Waals surface area contributed by atoms with E-state index in [0.29, 0.717) is 17.7 Å². The van der Waals surface area contributed by atoms with Crippen molar-refractivity contribution < 1.29 is 9.90 Å². The number of rotatable bonds is 3. The van der Waals surface area contributed by atoms with Gasteiger partial charge in [-0.2, -0.15) is 0 Å². The van der Waals surface area contributed by atoms with Crippen LogP contribution in [0.2, 0.25) is 0 Å². The van der Waals surface area contributed by atoms with Crippen molar-refractivity contribution in [1.29, 1.82) is 0 Å². The van der Waals surface area contributed by atoms with Crippen molar-refractivity contribution in [2.75, 3.05) is 18.4 Å². The van der Waals surface area contributed by atoms with Crippen molar-refractivity contribution in [3.05, 3.63) is 17.5 Å². The summed E-state index contributed by atoms with van der Waals surface area (Å²) >= 11 is 0. The molecule has 1 aromatic heterocycles. The number of nitrogens with one attached hydrogen (secondary N) is 2. The fourth-order valence-electron chi connectivity index (χ4n) is 1.89. The molecule has 0 saturated carbocycles. The van der Waals surface area contributed by atoms with E-state index in [1.165, 1.54) is 6.07 Å². The fourth-order valence-corrected chi connectivity index (χ4v) is 1.89. The topological polar surface area (TPSA) is 87.1 Å².